The first kappa shape index (κ1) is 14.1. The van der Waals surface area contributed by atoms with Crippen molar-refractivity contribution in [1.82, 2.24) is 0 Å². The van der Waals surface area contributed by atoms with E-state index in [9.17, 15) is 9.50 Å². The number of hydrogen-bond acceptors (Lipinski definition) is 2. The van der Waals surface area contributed by atoms with Crippen LogP contribution in [0.1, 0.15) is 57.3 Å². The maximum Gasteiger partial charge on any atom is 0.134 e. The minimum absolute atomic E-state index is 0.283. The van der Waals surface area contributed by atoms with Crippen LogP contribution in [0.2, 0.25) is 0 Å². The van der Waals surface area contributed by atoms with Crippen LogP contribution in [-0.2, 0) is 0 Å². The van der Waals surface area contributed by atoms with Gasteiger partial charge in [0.05, 0.1) is 0 Å². The second-order valence-electron chi connectivity index (χ2n) is 5.05. The van der Waals surface area contributed by atoms with Gasteiger partial charge in [-0.25, -0.2) is 4.39 Å². The van der Waals surface area contributed by atoms with Crippen LogP contribution in [0, 0.1) is 5.82 Å². The van der Waals surface area contributed by atoms with Gasteiger partial charge < -0.3 is 9.52 Å². The molecule has 0 spiro atoms. The molecule has 2 nitrogen and oxygen atoms in total. The molecule has 1 aromatic carbocycles. The molecule has 0 aliphatic rings. The molecule has 0 aliphatic heterocycles. The average Bonchev–Trinajstić information content (AvgIpc) is 2.81. The lowest BCUT2D eigenvalue weighted by atomic mass is 10.1. The van der Waals surface area contributed by atoms with E-state index in [0.717, 1.165) is 12.8 Å². The van der Waals surface area contributed by atoms with Gasteiger partial charge in [0.2, 0.25) is 0 Å². The SMILES string of the molecule is CCCCCCCC(O)c1cc2cc(F)ccc2o1. The van der Waals surface area contributed by atoms with Crippen molar-refractivity contribution in [2.24, 2.45) is 0 Å². The molecule has 0 saturated heterocycles. The highest BCUT2D eigenvalue weighted by Crippen LogP contribution is 2.27. The number of aliphatic hydroxyl groups is 1. The highest BCUT2D eigenvalue weighted by atomic mass is 19.1. The predicted octanol–water partition coefficient (Wildman–Crippen LogP) is 4.97. The van der Waals surface area contributed by atoms with Crippen LogP contribution in [0.3, 0.4) is 0 Å². The van der Waals surface area contributed by atoms with Gasteiger partial charge in [0.25, 0.3) is 0 Å². The number of rotatable bonds is 7. The number of hydrogen-bond donors (Lipinski definition) is 1. The molecule has 0 aliphatic carbocycles. The molecule has 1 N–H and O–H groups in total. The van der Waals surface area contributed by atoms with E-state index in [1.807, 2.05) is 0 Å². The van der Waals surface area contributed by atoms with Crippen LogP contribution >= 0.6 is 0 Å². The van der Waals surface area contributed by atoms with Crippen molar-refractivity contribution >= 4 is 11.0 Å². The van der Waals surface area contributed by atoms with Gasteiger partial charge in [-0.3, -0.25) is 0 Å². The van der Waals surface area contributed by atoms with Gasteiger partial charge in [-0.1, -0.05) is 39.0 Å². The molecule has 2 aromatic rings. The monoisotopic (exact) mass is 264 g/mol. The maximum absolute atomic E-state index is 13.1. The van der Waals surface area contributed by atoms with E-state index in [2.05, 4.69) is 6.92 Å². The summed E-state index contributed by atoms with van der Waals surface area (Å²) in [5, 5.41) is 10.8. The van der Waals surface area contributed by atoms with Crippen LogP contribution in [0.25, 0.3) is 11.0 Å². The minimum Gasteiger partial charge on any atom is -0.458 e. The summed E-state index contributed by atoms with van der Waals surface area (Å²) >= 11 is 0. The lowest BCUT2D eigenvalue weighted by Crippen LogP contribution is -1.95. The van der Waals surface area contributed by atoms with E-state index in [1.165, 1.54) is 31.4 Å². The third-order valence-electron chi connectivity index (χ3n) is 3.41. The Morgan fingerprint density at radius 3 is 2.74 bits per heavy atom. The van der Waals surface area contributed by atoms with Gasteiger partial charge in [-0.2, -0.15) is 0 Å². The fourth-order valence-electron chi connectivity index (χ4n) is 2.28. The number of halogens is 1. The smallest absolute Gasteiger partial charge is 0.134 e. The Bertz CT molecular complexity index is 518. The molecule has 0 radical (unpaired) electrons. The fraction of sp³-hybridized carbons (Fsp3) is 0.500. The first-order valence-electron chi connectivity index (χ1n) is 7.07. The summed E-state index contributed by atoms with van der Waals surface area (Å²) in [5.74, 6) is 0.255. The van der Waals surface area contributed by atoms with Gasteiger partial charge in [0.1, 0.15) is 23.3 Å². The summed E-state index contributed by atoms with van der Waals surface area (Å²) in [6.45, 7) is 2.18. The Morgan fingerprint density at radius 1 is 1.16 bits per heavy atom. The lowest BCUT2D eigenvalue weighted by Gasteiger charge is -2.06. The van der Waals surface area contributed by atoms with E-state index in [4.69, 9.17) is 4.42 Å². The van der Waals surface area contributed by atoms with E-state index in [1.54, 1.807) is 12.1 Å². The van der Waals surface area contributed by atoms with Crippen molar-refractivity contribution in [3.63, 3.8) is 0 Å². The summed E-state index contributed by atoms with van der Waals surface area (Å²) in [7, 11) is 0. The normalized spacial score (nSPS) is 13.0. The summed E-state index contributed by atoms with van der Waals surface area (Å²) < 4.78 is 18.6. The Balaban J connectivity index is 1.91. The highest BCUT2D eigenvalue weighted by Gasteiger charge is 2.13. The molecule has 1 aromatic heterocycles. The Hall–Kier alpha value is -1.35. The van der Waals surface area contributed by atoms with Crippen molar-refractivity contribution in [3.8, 4) is 0 Å². The number of fused-ring (bicyclic) bond motifs is 1. The molecule has 104 valence electrons. The largest absolute Gasteiger partial charge is 0.458 e. The van der Waals surface area contributed by atoms with Gasteiger partial charge in [0.15, 0.2) is 0 Å². The molecule has 3 heteroatoms. The van der Waals surface area contributed by atoms with Gasteiger partial charge in [-0.05, 0) is 30.7 Å². The van der Waals surface area contributed by atoms with Crippen molar-refractivity contribution in [2.45, 2.75) is 51.6 Å². The topological polar surface area (TPSA) is 33.4 Å². The quantitative estimate of drug-likeness (QED) is 0.716. The molecule has 0 fully saturated rings. The second kappa shape index (κ2) is 6.71. The zero-order valence-electron chi connectivity index (χ0n) is 11.4. The van der Waals surface area contributed by atoms with E-state index < -0.39 is 6.10 Å². The molecule has 1 atom stereocenters. The molecule has 1 unspecified atom stereocenters. The molecule has 0 saturated carbocycles. The zero-order chi connectivity index (χ0) is 13.7. The van der Waals surface area contributed by atoms with Gasteiger partial charge >= 0.3 is 0 Å². The summed E-state index contributed by atoms with van der Waals surface area (Å²) in [6, 6.07) is 6.13. The number of benzene rings is 1. The number of aliphatic hydroxyl groups excluding tert-OH is 1. The van der Waals surface area contributed by atoms with Crippen molar-refractivity contribution < 1.29 is 13.9 Å². The summed E-state index contributed by atoms with van der Waals surface area (Å²) in [6.07, 6.45) is 5.93. The van der Waals surface area contributed by atoms with Crippen molar-refractivity contribution in [3.05, 3.63) is 35.8 Å². The van der Waals surface area contributed by atoms with Crippen LogP contribution in [-0.4, -0.2) is 5.11 Å². The summed E-state index contributed by atoms with van der Waals surface area (Å²) in [5.41, 5.74) is 0.626. The molecule has 2 rings (SSSR count). The Morgan fingerprint density at radius 2 is 1.95 bits per heavy atom. The number of furan rings is 1. The fourth-order valence-corrected chi connectivity index (χ4v) is 2.28. The first-order chi connectivity index (χ1) is 9.20. The minimum atomic E-state index is -0.586. The molecular weight excluding hydrogens is 243 g/mol. The average molecular weight is 264 g/mol. The van der Waals surface area contributed by atoms with E-state index in [0.29, 0.717) is 23.2 Å². The van der Waals surface area contributed by atoms with Crippen LogP contribution in [0.4, 0.5) is 4.39 Å². The third kappa shape index (κ3) is 3.80. The first-order valence-corrected chi connectivity index (χ1v) is 7.07. The number of unbranched alkanes of at least 4 members (excludes halogenated alkanes) is 4. The Kier molecular flexibility index (Phi) is 4.97. The van der Waals surface area contributed by atoms with Crippen molar-refractivity contribution in [2.75, 3.05) is 0 Å². The van der Waals surface area contributed by atoms with Gasteiger partial charge in [-0.15, -0.1) is 0 Å². The highest BCUT2D eigenvalue weighted by molar-refractivity contribution is 5.77. The second-order valence-corrected chi connectivity index (χ2v) is 5.05. The summed E-state index contributed by atoms with van der Waals surface area (Å²) in [4.78, 5) is 0. The van der Waals surface area contributed by atoms with E-state index >= 15 is 0 Å². The van der Waals surface area contributed by atoms with Crippen LogP contribution in [0.5, 0.6) is 0 Å². The maximum atomic E-state index is 13.1. The van der Waals surface area contributed by atoms with Crippen LogP contribution in [0.15, 0.2) is 28.7 Å². The standard InChI is InChI=1S/C16H21FO2/c1-2-3-4-5-6-7-14(18)16-11-12-10-13(17)8-9-15(12)19-16/h8-11,14,18H,2-7H2,1H3. The van der Waals surface area contributed by atoms with Crippen LogP contribution < -0.4 is 0 Å². The molecule has 0 bridgehead atoms. The lowest BCUT2D eigenvalue weighted by molar-refractivity contribution is 0.139. The van der Waals surface area contributed by atoms with E-state index in [-0.39, 0.29) is 5.82 Å². The zero-order valence-corrected chi connectivity index (χ0v) is 11.4. The molecule has 19 heavy (non-hydrogen) atoms. The van der Waals surface area contributed by atoms with Gasteiger partial charge in [0, 0.05) is 5.39 Å². The molecular formula is C16H21FO2. The Labute approximate surface area is 113 Å². The molecule has 0 amide bonds. The predicted molar refractivity (Wildman–Crippen MR) is 74.5 cm³/mol. The van der Waals surface area contributed by atoms with Crippen molar-refractivity contribution in [1.29, 1.82) is 0 Å². The molecule has 1 heterocycles. The third-order valence-corrected chi connectivity index (χ3v) is 3.41.